The van der Waals surface area contributed by atoms with Crippen molar-refractivity contribution in [1.29, 1.82) is 0 Å². The topological polar surface area (TPSA) is 127 Å². The average Bonchev–Trinajstić information content (AvgIpc) is 3.28. The predicted octanol–water partition coefficient (Wildman–Crippen LogP) is 4.22. The van der Waals surface area contributed by atoms with Crippen LogP contribution in [-0.2, 0) is 19.1 Å². The molecule has 2 fully saturated rings. The van der Waals surface area contributed by atoms with Crippen molar-refractivity contribution in [2.75, 3.05) is 62.1 Å². The van der Waals surface area contributed by atoms with Gasteiger partial charge in [0.25, 0.3) is 17.1 Å². The smallest absolute Gasteiger partial charge is 0.294 e. The standard InChI is InChI=1S/C31H30N4O7S/c1-40-26-5-3-2-4-25(26)33-29(37)20-42-24-12-6-21(7-13-24)18-27-30(38)35(31(39)43-27)19-28(36)32-22-8-10-23(11-9-22)34-14-16-41-17-15-34/h2-13,18H,14-17,19-20H2,1H3,(H,32,36)(H,33,37)/b27-18-. The van der Waals surface area contributed by atoms with Crippen LogP contribution in [-0.4, -0.2) is 74.4 Å². The lowest BCUT2D eigenvalue weighted by atomic mass is 10.2. The number of hydrogen-bond acceptors (Lipinski definition) is 9. The number of hydrogen-bond donors (Lipinski definition) is 2. The van der Waals surface area contributed by atoms with Gasteiger partial charge in [-0.05, 0) is 71.9 Å². The Labute approximate surface area is 252 Å². The SMILES string of the molecule is COc1ccccc1NC(=O)COc1ccc(/C=C2\SC(=O)N(CC(=O)Nc3ccc(N4CCOCC4)cc3)C2=O)cc1. The highest BCUT2D eigenvalue weighted by Crippen LogP contribution is 2.32. The molecule has 0 aromatic heterocycles. The molecule has 0 spiro atoms. The zero-order valence-electron chi connectivity index (χ0n) is 23.4. The largest absolute Gasteiger partial charge is 0.495 e. The van der Waals surface area contributed by atoms with E-state index in [9.17, 15) is 19.2 Å². The highest BCUT2D eigenvalue weighted by atomic mass is 32.2. The van der Waals surface area contributed by atoms with E-state index in [4.69, 9.17) is 14.2 Å². The number of morpholine rings is 1. The van der Waals surface area contributed by atoms with E-state index in [1.165, 1.54) is 7.11 Å². The highest BCUT2D eigenvalue weighted by Gasteiger charge is 2.36. The Hall–Kier alpha value is -4.81. The molecule has 0 bridgehead atoms. The van der Waals surface area contributed by atoms with Crippen molar-refractivity contribution in [1.82, 2.24) is 4.90 Å². The molecule has 3 aromatic rings. The number of methoxy groups -OCH3 is 1. The molecule has 222 valence electrons. The summed E-state index contributed by atoms with van der Waals surface area (Å²) in [5.74, 6) is -0.369. The minimum Gasteiger partial charge on any atom is -0.495 e. The van der Waals surface area contributed by atoms with E-state index >= 15 is 0 Å². The van der Waals surface area contributed by atoms with Crippen molar-refractivity contribution in [3.05, 3.63) is 83.3 Å². The van der Waals surface area contributed by atoms with Gasteiger partial charge in [-0.1, -0.05) is 24.3 Å². The second kappa shape index (κ2) is 13.9. The van der Waals surface area contributed by atoms with Crippen molar-refractivity contribution < 1.29 is 33.4 Å². The number of carbonyl (C=O) groups excluding carboxylic acids is 4. The number of anilines is 3. The lowest BCUT2D eigenvalue weighted by molar-refractivity contribution is -0.127. The van der Waals surface area contributed by atoms with E-state index in [0.29, 0.717) is 41.7 Å². The van der Waals surface area contributed by atoms with Crippen molar-refractivity contribution in [2.24, 2.45) is 0 Å². The summed E-state index contributed by atoms with van der Waals surface area (Å²) in [6.07, 6.45) is 1.57. The Morgan fingerprint density at radius 1 is 0.930 bits per heavy atom. The molecular weight excluding hydrogens is 572 g/mol. The fourth-order valence-corrected chi connectivity index (χ4v) is 5.29. The molecular formula is C31H30N4O7S. The molecule has 0 atom stereocenters. The van der Waals surface area contributed by atoms with Gasteiger partial charge < -0.3 is 29.7 Å². The Balaban J connectivity index is 1.11. The van der Waals surface area contributed by atoms with Gasteiger partial charge in [0.05, 0.1) is 30.9 Å². The van der Waals surface area contributed by atoms with E-state index in [2.05, 4.69) is 15.5 Å². The van der Waals surface area contributed by atoms with Crippen LogP contribution in [0, 0.1) is 0 Å². The third-order valence-electron chi connectivity index (χ3n) is 6.63. The van der Waals surface area contributed by atoms with Crippen LogP contribution in [0.1, 0.15) is 5.56 Å². The van der Waals surface area contributed by atoms with Crippen LogP contribution in [0.4, 0.5) is 21.9 Å². The Morgan fingerprint density at radius 2 is 1.65 bits per heavy atom. The molecule has 3 aromatic carbocycles. The predicted molar refractivity (Wildman–Crippen MR) is 164 cm³/mol. The number of nitrogens with one attached hydrogen (secondary N) is 2. The molecule has 2 N–H and O–H groups in total. The summed E-state index contributed by atoms with van der Waals surface area (Å²) >= 11 is 0.773. The van der Waals surface area contributed by atoms with Gasteiger partial charge in [0, 0.05) is 24.5 Å². The Morgan fingerprint density at radius 3 is 2.37 bits per heavy atom. The maximum atomic E-state index is 12.9. The van der Waals surface area contributed by atoms with Gasteiger partial charge in [-0.15, -0.1) is 0 Å². The first-order chi connectivity index (χ1) is 20.9. The van der Waals surface area contributed by atoms with Crippen LogP contribution in [0.5, 0.6) is 11.5 Å². The highest BCUT2D eigenvalue weighted by molar-refractivity contribution is 8.18. The summed E-state index contributed by atoms with van der Waals surface area (Å²) in [5.41, 5.74) is 2.80. The molecule has 2 aliphatic rings. The molecule has 2 aliphatic heterocycles. The number of benzene rings is 3. The van der Waals surface area contributed by atoms with E-state index in [1.54, 1.807) is 66.7 Å². The minimum atomic E-state index is -0.541. The monoisotopic (exact) mass is 602 g/mol. The lowest BCUT2D eigenvalue weighted by Gasteiger charge is -2.28. The average molecular weight is 603 g/mol. The first-order valence-corrected chi connectivity index (χ1v) is 14.3. The van der Waals surface area contributed by atoms with Crippen LogP contribution in [0.15, 0.2) is 77.7 Å². The van der Waals surface area contributed by atoms with Crippen molar-refractivity contribution in [3.8, 4) is 11.5 Å². The maximum absolute atomic E-state index is 12.9. The van der Waals surface area contributed by atoms with Gasteiger partial charge in [0.15, 0.2) is 6.61 Å². The molecule has 0 aliphatic carbocycles. The van der Waals surface area contributed by atoms with Crippen molar-refractivity contribution >= 4 is 57.9 Å². The fourth-order valence-electron chi connectivity index (χ4n) is 4.45. The zero-order chi connectivity index (χ0) is 30.2. The molecule has 5 rings (SSSR count). The molecule has 2 saturated heterocycles. The number of ether oxygens (including phenoxy) is 3. The van der Waals surface area contributed by atoms with E-state index < -0.39 is 23.6 Å². The number of amides is 4. The molecule has 4 amide bonds. The number of thioether (sulfide) groups is 1. The molecule has 11 nitrogen and oxygen atoms in total. The van der Waals surface area contributed by atoms with Crippen LogP contribution in [0.25, 0.3) is 6.08 Å². The number of carbonyl (C=O) groups is 4. The van der Waals surface area contributed by atoms with Crippen LogP contribution in [0.3, 0.4) is 0 Å². The van der Waals surface area contributed by atoms with Crippen LogP contribution in [0.2, 0.25) is 0 Å². The first kappa shape index (κ1) is 29.7. The fraction of sp³-hybridized carbons (Fsp3) is 0.226. The van der Waals surface area contributed by atoms with Gasteiger partial charge in [-0.25, -0.2) is 0 Å². The van der Waals surface area contributed by atoms with E-state index in [0.717, 1.165) is 35.4 Å². The van der Waals surface area contributed by atoms with Gasteiger partial charge in [-0.3, -0.25) is 24.1 Å². The molecule has 0 unspecified atom stereocenters. The molecule has 2 heterocycles. The number of nitrogens with zero attached hydrogens (tertiary/aromatic N) is 2. The summed E-state index contributed by atoms with van der Waals surface area (Å²) in [7, 11) is 1.52. The number of para-hydroxylation sites is 2. The van der Waals surface area contributed by atoms with Crippen LogP contribution >= 0.6 is 11.8 Å². The Kier molecular flexibility index (Phi) is 9.59. The molecule has 0 radical (unpaired) electrons. The third-order valence-corrected chi connectivity index (χ3v) is 7.54. The second-order valence-corrected chi connectivity index (χ2v) is 10.6. The van der Waals surface area contributed by atoms with E-state index in [-0.39, 0.29) is 17.4 Å². The van der Waals surface area contributed by atoms with Gasteiger partial charge >= 0.3 is 0 Å². The second-order valence-electron chi connectivity index (χ2n) is 9.57. The summed E-state index contributed by atoms with van der Waals surface area (Å²) in [6.45, 7) is 2.36. The molecule has 43 heavy (non-hydrogen) atoms. The van der Waals surface area contributed by atoms with Crippen molar-refractivity contribution in [2.45, 2.75) is 0 Å². The summed E-state index contributed by atoms with van der Waals surface area (Å²) < 4.78 is 16.2. The summed E-state index contributed by atoms with van der Waals surface area (Å²) in [4.78, 5) is 53.7. The normalized spacial score (nSPS) is 15.9. The third kappa shape index (κ3) is 7.73. The van der Waals surface area contributed by atoms with Crippen LogP contribution < -0.4 is 25.0 Å². The zero-order valence-corrected chi connectivity index (χ0v) is 24.2. The maximum Gasteiger partial charge on any atom is 0.294 e. The van der Waals surface area contributed by atoms with Gasteiger partial charge in [0.2, 0.25) is 5.91 Å². The molecule has 12 heteroatoms. The quantitative estimate of drug-likeness (QED) is 0.328. The number of rotatable bonds is 10. The minimum absolute atomic E-state index is 0.206. The molecule has 0 saturated carbocycles. The van der Waals surface area contributed by atoms with Gasteiger partial charge in [0.1, 0.15) is 18.0 Å². The van der Waals surface area contributed by atoms with Crippen molar-refractivity contribution in [3.63, 3.8) is 0 Å². The number of imide groups is 1. The first-order valence-electron chi connectivity index (χ1n) is 13.5. The van der Waals surface area contributed by atoms with Gasteiger partial charge in [-0.2, -0.15) is 0 Å². The summed E-state index contributed by atoms with van der Waals surface area (Å²) in [6, 6.07) is 21.2. The Bertz CT molecular complexity index is 1520. The van der Waals surface area contributed by atoms with E-state index in [1.807, 2.05) is 12.1 Å². The lowest BCUT2D eigenvalue weighted by Crippen LogP contribution is -2.36. The summed E-state index contributed by atoms with van der Waals surface area (Å²) in [5, 5.41) is 4.96.